The molecule has 1 atom stereocenters. The molecule has 1 aliphatic carbocycles. The molecular formula is C8H9BrO2. The summed E-state index contributed by atoms with van der Waals surface area (Å²) < 4.78 is 5.75. The van der Waals surface area contributed by atoms with E-state index in [4.69, 9.17) is 4.74 Å². The van der Waals surface area contributed by atoms with E-state index in [0.29, 0.717) is 5.76 Å². The molecule has 0 aliphatic heterocycles. The molecule has 0 saturated heterocycles. The van der Waals surface area contributed by atoms with Crippen LogP contribution in [0.2, 0.25) is 0 Å². The molecule has 1 N–H and O–H groups in total. The Balaban J connectivity index is 2.96. The third-order valence-electron chi connectivity index (χ3n) is 1.37. The Morgan fingerprint density at radius 2 is 2.27 bits per heavy atom. The fraction of sp³-hybridized carbons (Fsp3) is 0.250. The first kappa shape index (κ1) is 8.56. The van der Waals surface area contributed by atoms with Gasteiger partial charge in [-0.3, -0.25) is 0 Å². The molecule has 3 heteroatoms. The van der Waals surface area contributed by atoms with E-state index in [1.54, 1.807) is 12.2 Å². The Labute approximate surface area is 74.0 Å². The molecule has 1 aliphatic rings. The molecule has 1 unspecified atom stereocenters. The molecule has 0 saturated carbocycles. The van der Waals surface area contributed by atoms with Gasteiger partial charge in [-0.15, -0.1) is 0 Å². The summed E-state index contributed by atoms with van der Waals surface area (Å²) in [6, 6.07) is 0. The van der Waals surface area contributed by atoms with E-state index in [1.807, 2.05) is 12.2 Å². The van der Waals surface area contributed by atoms with Crippen LogP contribution in [0.15, 0.2) is 34.5 Å². The second-order valence-corrected chi connectivity index (χ2v) is 2.96. The second kappa shape index (κ2) is 3.74. The van der Waals surface area contributed by atoms with Crippen molar-refractivity contribution in [3.63, 3.8) is 0 Å². The Morgan fingerprint density at radius 3 is 2.91 bits per heavy atom. The average molecular weight is 217 g/mol. The smallest absolute Gasteiger partial charge is 0.142 e. The van der Waals surface area contributed by atoms with Crippen molar-refractivity contribution in [2.75, 3.05) is 7.11 Å². The molecule has 60 valence electrons. The Kier molecular flexibility index (Phi) is 2.91. The van der Waals surface area contributed by atoms with Gasteiger partial charge in [0.1, 0.15) is 11.9 Å². The Hall–Kier alpha value is -0.540. The SMILES string of the molecule is COC1=C(Br)C=CC=CC1O. The zero-order valence-corrected chi connectivity index (χ0v) is 7.71. The van der Waals surface area contributed by atoms with Crippen LogP contribution in [0.1, 0.15) is 0 Å². The molecule has 0 aromatic carbocycles. The Bertz CT molecular complexity index is 228. The molecule has 2 nitrogen and oxygen atoms in total. The van der Waals surface area contributed by atoms with Gasteiger partial charge in [-0.05, 0) is 28.1 Å². The van der Waals surface area contributed by atoms with E-state index in [-0.39, 0.29) is 0 Å². The maximum absolute atomic E-state index is 9.38. The zero-order valence-electron chi connectivity index (χ0n) is 6.12. The van der Waals surface area contributed by atoms with Gasteiger partial charge >= 0.3 is 0 Å². The number of aliphatic hydroxyl groups is 1. The largest absolute Gasteiger partial charge is 0.497 e. The van der Waals surface area contributed by atoms with Crippen LogP contribution in [0, 0.1) is 0 Å². The van der Waals surface area contributed by atoms with E-state index in [9.17, 15) is 5.11 Å². The maximum atomic E-state index is 9.38. The molecule has 0 heterocycles. The van der Waals surface area contributed by atoms with E-state index >= 15 is 0 Å². The van der Waals surface area contributed by atoms with E-state index < -0.39 is 6.10 Å². The Morgan fingerprint density at radius 1 is 1.55 bits per heavy atom. The summed E-state index contributed by atoms with van der Waals surface area (Å²) in [6.07, 6.45) is 6.44. The molecule has 0 radical (unpaired) electrons. The average Bonchev–Trinajstić information content (AvgIpc) is 2.12. The highest BCUT2D eigenvalue weighted by molar-refractivity contribution is 9.11. The van der Waals surface area contributed by atoms with Crippen LogP contribution in [-0.2, 0) is 4.74 Å². The fourth-order valence-electron chi connectivity index (χ4n) is 0.838. The first-order valence-electron chi connectivity index (χ1n) is 3.22. The van der Waals surface area contributed by atoms with Gasteiger partial charge in [-0.25, -0.2) is 0 Å². The highest BCUT2D eigenvalue weighted by Gasteiger charge is 2.11. The van der Waals surface area contributed by atoms with Crippen LogP contribution >= 0.6 is 15.9 Å². The predicted octanol–water partition coefficient (Wildman–Crippen LogP) is 1.73. The van der Waals surface area contributed by atoms with Gasteiger partial charge in [0.05, 0.1) is 11.6 Å². The number of halogens is 1. The molecule has 0 spiro atoms. The van der Waals surface area contributed by atoms with Gasteiger partial charge in [-0.1, -0.05) is 12.2 Å². The molecule has 0 fully saturated rings. The number of allylic oxidation sites excluding steroid dienone is 4. The van der Waals surface area contributed by atoms with Crippen LogP contribution in [0.25, 0.3) is 0 Å². The van der Waals surface area contributed by atoms with Crippen molar-refractivity contribution < 1.29 is 9.84 Å². The number of rotatable bonds is 1. The van der Waals surface area contributed by atoms with Crippen LogP contribution in [0.3, 0.4) is 0 Å². The van der Waals surface area contributed by atoms with E-state index in [0.717, 1.165) is 4.48 Å². The molecule has 1 rings (SSSR count). The highest BCUT2D eigenvalue weighted by atomic mass is 79.9. The standard InChI is InChI=1S/C8H9BrO2/c1-11-8-6(9)4-2-3-5-7(8)10/h2-5,7,10H,1H3. The fourth-order valence-corrected chi connectivity index (χ4v) is 1.39. The first-order chi connectivity index (χ1) is 5.25. The van der Waals surface area contributed by atoms with Gasteiger partial charge in [0.25, 0.3) is 0 Å². The van der Waals surface area contributed by atoms with Gasteiger partial charge in [0, 0.05) is 0 Å². The van der Waals surface area contributed by atoms with E-state index in [1.165, 1.54) is 7.11 Å². The van der Waals surface area contributed by atoms with Crippen molar-refractivity contribution in [1.29, 1.82) is 0 Å². The summed E-state index contributed by atoms with van der Waals surface area (Å²) in [6.45, 7) is 0. The lowest BCUT2D eigenvalue weighted by molar-refractivity contribution is 0.160. The second-order valence-electron chi connectivity index (χ2n) is 2.11. The van der Waals surface area contributed by atoms with Crippen LogP contribution in [-0.4, -0.2) is 18.3 Å². The minimum Gasteiger partial charge on any atom is -0.497 e. The topological polar surface area (TPSA) is 29.5 Å². The summed E-state index contributed by atoms with van der Waals surface area (Å²) in [5, 5.41) is 9.38. The van der Waals surface area contributed by atoms with Crippen molar-refractivity contribution in [2.45, 2.75) is 6.10 Å². The minimum atomic E-state index is -0.649. The number of aliphatic hydroxyl groups excluding tert-OH is 1. The molecule has 0 aromatic heterocycles. The lowest BCUT2D eigenvalue weighted by Crippen LogP contribution is -2.08. The summed E-state index contributed by atoms with van der Waals surface area (Å²) >= 11 is 3.27. The summed E-state index contributed by atoms with van der Waals surface area (Å²) in [4.78, 5) is 0. The molecule has 0 amide bonds. The normalized spacial score (nSPS) is 23.7. The highest BCUT2D eigenvalue weighted by Crippen LogP contribution is 2.20. The molecule has 11 heavy (non-hydrogen) atoms. The predicted molar refractivity (Wildman–Crippen MR) is 47.2 cm³/mol. The van der Waals surface area contributed by atoms with Gasteiger partial charge in [-0.2, -0.15) is 0 Å². The molecule has 0 aromatic rings. The van der Waals surface area contributed by atoms with Crippen molar-refractivity contribution in [3.8, 4) is 0 Å². The van der Waals surface area contributed by atoms with Crippen LogP contribution < -0.4 is 0 Å². The van der Waals surface area contributed by atoms with Crippen molar-refractivity contribution in [3.05, 3.63) is 34.5 Å². The number of ether oxygens (including phenoxy) is 1. The zero-order chi connectivity index (χ0) is 8.27. The molecule has 0 bridgehead atoms. The number of methoxy groups -OCH3 is 1. The third kappa shape index (κ3) is 1.94. The monoisotopic (exact) mass is 216 g/mol. The lowest BCUT2D eigenvalue weighted by atomic mass is 10.3. The van der Waals surface area contributed by atoms with Crippen molar-refractivity contribution in [1.82, 2.24) is 0 Å². The first-order valence-corrected chi connectivity index (χ1v) is 4.01. The van der Waals surface area contributed by atoms with E-state index in [2.05, 4.69) is 15.9 Å². The number of hydrogen-bond donors (Lipinski definition) is 1. The van der Waals surface area contributed by atoms with Crippen LogP contribution in [0.4, 0.5) is 0 Å². The van der Waals surface area contributed by atoms with Gasteiger partial charge < -0.3 is 9.84 Å². The third-order valence-corrected chi connectivity index (χ3v) is 2.03. The molecular weight excluding hydrogens is 208 g/mol. The number of hydrogen-bond acceptors (Lipinski definition) is 2. The van der Waals surface area contributed by atoms with Crippen LogP contribution in [0.5, 0.6) is 0 Å². The van der Waals surface area contributed by atoms with Crippen molar-refractivity contribution >= 4 is 15.9 Å². The van der Waals surface area contributed by atoms with Crippen molar-refractivity contribution in [2.24, 2.45) is 0 Å². The van der Waals surface area contributed by atoms with Gasteiger partial charge in [0.15, 0.2) is 0 Å². The minimum absolute atomic E-state index is 0.537. The summed E-state index contributed by atoms with van der Waals surface area (Å²) in [5.74, 6) is 0.537. The quantitative estimate of drug-likeness (QED) is 0.724. The lowest BCUT2D eigenvalue weighted by Gasteiger charge is -2.09. The summed E-state index contributed by atoms with van der Waals surface area (Å²) in [5.41, 5.74) is 0. The van der Waals surface area contributed by atoms with Gasteiger partial charge in [0.2, 0.25) is 0 Å². The maximum Gasteiger partial charge on any atom is 0.142 e. The summed E-state index contributed by atoms with van der Waals surface area (Å²) in [7, 11) is 1.53.